The lowest BCUT2D eigenvalue weighted by molar-refractivity contribution is 0.314. The molecule has 0 spiro atoms. The molecule has 0 amide bonds. The average Bonchev–Trinajstić information content (AvgIpc) is 2.63. The van der Waals surface area contributed by atoms with E-state index in [2.05, 4.69) is 4.90 Å². The summed E-state index contributed by atoms with van der Waals surface area (Å²) in [6.07, 6.45) is 2.08. The molecule has 5 heteroatoms. The maximum absolute atomic E-state index is 11.5. The number of likely N-dealkylation sites (tertiary alicyclic amines) is 1. The molecule has 1 unspecified atom stereocenters. The average molecular weight is 260 g/mol. The van der Waals surface area contributed by atoms with Crippen LogP contribution >= 0.6 is 10.7 Å². The van der Waals surface area contributed by atoms with E-state index in [-0.39, 0.29) is 10.9 Å². The molecule has 1 aromatic rings. The number of benzene rings is 1. The maximum Gasteiger partial charge on any atom is 0.261 e. The summed E-state index contributed by atoms with van der Waals surface area (Å²) in [5.74, 6) is 0. The van der Waals surface area contributed by atoms with Gasteiger partial charge >= 0.3 is 0 Å². The van der Waals surface area contributed by atoms with Crippen LogP contribution in [0.15, 0.2) is 29.2 Å². The third kappa shape index (κ3) is 2.24. The minimum absolute atomic E-state index is 0.171. The molecule has 1 fully saturated rings. The Balaban J connectivity index is 2.48. The molecule has 1 aliphatic heterocycles. The van der Waals surface area contributed by atoms with Gasteiger partial charge < -0.3 is 0 Å². The largest absolute Gasteiger partial charge is 0.299 e. The number of hydrogen-bond donors (Lipinski definition) is 0. The van der Waals surface area contributed by atoms with Gasteiger partial charge in [0.05, 0.1) is 4.90 Å². The van der Waals surface area contributed by atoms with Crippen LogP contribution in [0.1, 0.15) is 24.4 Å². The molecule has 1 atom stereocenters. The van der Waals surface area contributed by atoms with Gasteiger partial charge in [0, 0.05) is 16.7 Å². The first-order chi connectivity index (χ1) is 7.50. The predicted octanol–water partition coefficient (Wildman–Crippen LogP) is 2.38. The second-order valence-electron chi connectivity index (χ2n) is 4.11. The molecular weight excluding hydrogens is 246 g/mol. The molecule has 0 aromatic heterocycles. The van der Waals surface area contributed by atoms with Crippen molar-refractivity contribution in [3.05, 3.63) is 29.8 Å². The smallest absolute Gasteiger partial charge is 0.261 e. The zero-order valence-corrected chi connectivity index (χ0v) is 10.6. The van der Waals surface area contributed by atoms with E-state index in [0.29, 0.717) is 0 Å². The zero-order valence-electron chi connectivity index (χ0n) is 9.06. The summed E-state index contributed by atoms with van der Waals surface area (Å²) in [5.41, 5.74) is 0.817. The Morgan fingerprint density at radius 2 is 2.06 bits per heavy atom. The third-order valence-corrected chi connectivity index (χ3v) is 4.46. The summed E-state index contributed by atoms with van der Waals surface area (Å²) in [6, 6.07) is 7.15. The van der Waals surface area contributed by atoms with Gasteiger partial charge in [-0.05, 0) is 38.1 Å². The van der Waals surface area contributed by atoms with Crippen molar-refractivity contribution >= 4 is 19.7 Å². The Labute approximate surface area is 100 Å². The number of nitrogens with zero attached hydrogens (tertiary/aromatic N) is 1. The van der Waals surface area contributed by atoms with Gasteiger partial charge in [0.25, 0.3) is 9.05 Å². The molecule has 0 radical (unpaired) electrons. The van der Waals surface area contributed by atoms with Crippen LogP contribution in [-0.2, 0) is 9.05 Å². The van der Waals surface area contributed by atoms with E-state index in [4.69, 9.17) is 10.7 Å². The highest BCUT2D eigenvalue weighted by Crippen LogP contribution is 2.34. The lowest BCUT2D eigenvalue weighted by Gasteiger charge is -2.21. The molecular formula is C11H14ClNO2S. The Bertz CT molecular complexity index is 487. The molecule has 1 aromatic carbocycles. The first-order valence-electron chi connectivity index (χ1n) is 5.24. The summed E-state index contributed by atoms with van der Waals surface area (Å²) >= 11 is 0. The van der Waals surface area contributed by atoms with Crippen molar-refractivity contribution in [3.63, 3.8) is 0 Å². The first-order valence-corrected chi connectivity index (χ1v) is 7.55. The van der Waals surface area contributed by atoms with Crippen LogP contribution in [0.3, 0.4) is 0 Å². The van der Waals surface area contributed by atoms with E-state index in [0.717, 1.165) is 24.9 Å². The van der Waals surface area contributed by atoms with Crippen molar-refractivity contribution < 1.29 is 8.42 Å². The SMILES string of the molecule is CN1CCCC1c1ccccc1S(=O)(=O)Cl. The number of rotatable bonds is 2. The van der Waals surface area contributed by atoms with E-state index >= 15 is 0 Å². The zero-order chi connectivity index (χ0) is 11.8. The summed E-state index contributed by atoms with van der Waals surface area (Å²) < 4.78 is 22.9. The van der Waals surface area contributed by atoms with Gasteiger partial charge in [-0.2, -0.15) is 0 Å². The van der Waals surface area contributed by atoms with E-state index < -0.39 is 9.05 Å². The quantitative estimate of drug-likeness (QED) is 0.766. The van der Waals surface area contributed by atoms with E-state index in [1.165, 1.54) is 0 Å². The van der Waals surface area contributed by atoms with Crippen LogP contribution in [0.2, 0.25) is 0 Å². The fourth-order valence-corrected chi connectivity index (χ4v) is 3.43. The highest BCUT2D eigenvalue weighted by molar-refractivity contribution is 8.13. The Hall–Kier alpha value is -0.580. The van der Waals surface area contributed by atoms with Gasteiger partial charge in [0.2, 0.25) is 0 Å². The van der Waals surface area contributed by atoms with Crippen molar-refractivity contribution in [1.29, 1.82) is 0 Å². The van der Waals surface area contributed by atoms with Crippen LogP contribution in [-0.4, -0.2) is 26.9 Å². The normalized spacial score (nSPS) is 22.5. The van der Waals surface area contributed by atoms with Crippen molar-refractivity contribution in [3.8, 4) is 0 Å². The molecule has 88 valence electrons. The van der Waals surface area contributed by atoms with Crippen molar-refractivity contribution in [2.24, 2.45) is 0 Å². The molecule has 3 nitrogen and oxygen atoms in total. The van der Waals surface area contributed by atoms with Gasteiger partial charge in [-0.3, -0.25) is 4.90 Å². The summed E-state index contributed by atoms with van der Waals surface area (Å²) in [7, 11) is 3.80. The number of halogens is 1. The van der Waals surface area contributed by atoms with E-state index in [9.17, 15) is 8.42 Å². The highest BCUT2D eigenvalue weighted by Gasteiger charge is 2.27. The maximum atomic E-state index is 11.5. The van der Waals surface area contributed by atoms with E-state index in [1.807, 2.05) is 19.2 Å². The first kappa shape index (κ1) is 11.9. The fraction of sp³-hybridized carbons (Fsp3) is 0.455. The van der Waals surface area contributed by atoms with Crippen LogP contribution in [0.25, 0.3) is 0 Å². The molecule has 0 aliphatic carbocycles. The van der Waals surface area contributed by atoms with Gasteiger partial charge in [-0.25, -0.2) is 8.42 Å². The highest BCUT2D eigenvalue weighted by atomic mass is 35.7. The third-order valence-electron chi connectivity index (χ3n) is 3.06. The predicted molar refractivity (Wildman–Crippen MR) is 64.1 cm³/mol. The summed E-state index contributed by atoms with van der Waals surface area (Å²) in [5, 5.41) is 0. The molecule has 16 heavy (non-hydrogen) atoms. The van der Waals surface area contributed by atoms with Gasteiger partial charge in [0.1, 0.15) is 0 Å². The van der Waals surface area contributed by atoms with Gasteiger partial charge in [-0.15, -0.1) is 0 Å². The molecule has 2 rings (SSSR count). The second kappa shape index (κ2) is 4.35. The topological polar surface area (TPSA) is 37.4 Å². The van der Waals surface area contributed by atoms with Crippen LogP contribution in [0.5, 0.6) is 0 Å². The van der Waals surface area contributed by atoms with Crippen LogP contribution in [0, 0.1) is 0 Å². The van der Waals surface area contributed by atoms with Crippen molar-refractivity contribution in [2.45, 2.75) is 23.8 Å². The minimum atomic E-state index is -3.65. The van der Waals surface area contributed by atoms with Crippen LogP contribution < -0.4 is 0 Å². The Morgan fingerprint density at radius 1 is 1.38 bits per heavy atom. The molecule has 1 saturated heterocycles. The lowest BCUT2D eigenvalue weighted by atomic mass is 10.1. The van der Waals surface area contributed by atoms with Crippen molar-refractivity contribution in [2.75, 3.05) is 13.6 Å². The fourth-order valence-electron chi connectivity index (χ4n) is 2.28. The van der Waals surface area contributed by atoms with Gasteiger partial charge in [0.15, 0.2) is 0 Å². The molecule has 0 N–H and O–H groups in total. The standard InChI is InChI=1S/C11H14ClNO2S/c1-13-8-4-6-10(13)9-5-2-3-7-11(9)16(12,14)15/h2-3,5,7,10H,4,6,8H2,1H3. The monoisotopic (exact) mass is 259 g/mol. The number of hydrogen-bond acceptors (Lipinski definition) is 3. The molecule has 0 bridgehead atoms. The lowest BCUT2D eigenvalue weighted by Crippen LogP contribution is -2.19. The van der Waals surface area contributed by atoms with E-state index in [1.54, 1.807) is 12.1 Å². The summed E-state index contributed by atoms with van der Waals surface area (Å²) in [4.78, 5) is 2.41. The molecule has 1 aliphatic rings. The van der Waals surface area contributed by atoms with Crippen molar-refractivity contribution in [1.82, 2.24) is 4.90 Å². The summed E-state index contributed by atoms with van der Waals surface area (Å²) in [6.45, 7) is 1.00. The Kier molecular flexibility index (Phi) is 3.24. The van der Waals surface area contributed by atoms with Crippen LogP contribution in [0.4, 0.5) is 0 Å². The Morgan fingerprint density at radius 3 is 2.62 bits per heavy atom. The minimum Gasteiger partial charge on any atom is -0.299 e. The molecule has 1 heterocycles. The second-order valence-corrected chi connectivity index (χ2v) is 6.65. The van der Waals surface area contributed by atoms with Gasteiger partial charge in [-0.1, -0.05) is 18.2 Å². The molecule has 0 saturated carbocycles.